The summed E-state index contributed by atoms with van der Waals surface area (Å²) in [4.78, 5) is 30.9. The van der Waals surface area contributed by atoms with Crippen LogP contribution < -0.4 is 19.9 Å². The van der Waals surface area contributed by atoms with Crippen LogP contribution in [0.1, 0.15) is 56.3 Å². The molecule has 0 spiro atoms. The molecule has 0 radical (unpaired) electrons. The van der Waals surface area contributed by atoms with E-state index in [1.54, 1.807) is 24.3 Å². The number of hydrogen-bond acceptors (Lipinski definition) is 8. The fourth-order valence-electron chi connectivity index (χ4n) is 4.61. The maximum absolute atomic E-state index is 12.7. The van der Waals surface area contributed by atoms with E-state index < -0.39 is 12.0 Å². The van der Waals surface area contributed by atoms with Gasteiger partial charge in [-0.25, -0.2) is 9.78 Å². The van der Waals surface area contributed by atoms with Gasteiger partial charge >= 0.3 is 5.97 Å². The molecule has 3 N–H and O–H groups in total. The Morgan fingerprint density at radius 1 is 1.14 bits per heavy atom. The number of oxazole rings is 1. The standard InChI is InChI=1S/C29H28N2O7.C4H11N/c1-3-4-5-6-26(32)31-13-11-19-7-9-21(16-22(19)27(31)29(33)34)35-14-12-23-18(2)38-28(30-23)20-8-10-24-25(15-20)37-17-36-24;1-4(2,3)5/h3-10,15-16,27H,11-14,17H2,1-2H3,(H,33,34);5H2,1-3H3. The number of aliphatic carboxylic acids is 1. The highest BCUT2D eigenvalue weighted by molar-refractivity contribution is 5.92. The summed E-state index contributed by atoms with van der Waals surface area (Å²) in [7, 11) is 0. The van der Waals surface area contributed by atoms with Gasteiger partial charge in [0.1, 0.15) is 11.5 Å². The van der Waals surface area contributed by atoms with E-state index in [0.29, 0.717) is 60.5 Å². The van der Waals surface area contributed by atoms with Crippen LogP contribution in [0.2, 0.25) is 0 Å². The van der Waals surface area contributed by atoms with E-state index in [9.17, 15) is 14.7 Å². The van der Waals surface area contributed by atoms with Crippen LogP contribution in [0.3, 0.4) is 0 Å². The SMILES string of the molecule is CC(C)(C)N.CC=CC=CC(=O)N1CCc2ccc(OCCc3nc(-c4ccc5c(c4)OCO5)oc3C)cc2C1C(=O)O. The van der Waals surface area contributed by atoms with Crippen LogP contribution in [0, 0.1) is 6.92 Å². The molecule has 0 bridgehead atoms. The fraction of sp³-hybridized carbons (Fsp3) is 0.364. The van der Waals surface area contributed by atoms with Crippen molar-refractivity contribution in [2.45, 2.75) is 59.0 Å². The van der Waals surface area contributed by atoms with Gasteiger partial charge in [0.15, 0.2) is 17.5 Å². The lowest BCUT2D eigenvalue weighted by Gasteiger charge is -2.34. The number of carboxylic acids is 1. The Morgan fingerprint density at radius 3 is 2.60 bits per heavy atom. The van der Waals surface area contributed by atoms with Gasteiger partial charge in [0.25, 0.3) is 0 Å². The number of aryl methyl sites for hydroxylation is 1. The van der Waals surface area contributed by atoms with Crippen LogP contribution in [0.5, 0.6) is 17.2 Å². The van der Waals surface area contributed by atoms with E-state index in [1.807, 2.05) is 65.0 Å². The molecule has 0 fully saturated rings. The zero-order valence-electron chi connectivity index (χ0n) is 25.3. The van der Waals surface area contributed by atoms with Crippen LogP contribution in [0.15, 0.2) is 65.1 Å². The molecule has 43 heavy (non-hydrogen) atoms. The van der Waals surface area contributed by atoms with E-state index in [-0.39, 0.29) is 18.2 Å². The molecular formula is C33H39N3O7. The predicted molar refractivity (Wildman–Crippen MR) is 162 cm³/mol. The lowest BCUT2D eigenvalue weighted by atomic mass is 9.92. The van der Waals surface area contributed by atoms with Crippen molar-refractivity contribution in [2.75, 3.05) is 19.9 Å². The highest BCUT2D eigenvalue weighted by atomic mass is 16.7. The Hall–Kier alpha value is -4.57. The third kappa shape index (κ3) is 8.26. The highest BCUT2D eigenvalue weighted by Gasteiger charge is 2.35. The second-order valence-corrected chi connectivity index (χ2v) is 11.3. The molecule has 10 nitrogen and oxygen atoms in total. The normalized spacial score (nSPS) is 15.8. The first-order valence-electron chi connectivity index (χ1n) is 14.2. The molecule has 1 atom stereocenters. The minimum absolute atomic E-state index is 0. The minimum atomic E-state index is -1.08. The smallest absolute Gasteiger partial charge is 0.331 e. The monoisotopic (exact) mass is 589 g/mol. The Bertz CT molecular complexity index is 1510. The summed E-state index contributed by atoms with van der Waals surface area (Å²) in [5.41, 5.74) is 8.37. The van der Waals surface area contributed by atoms with E-state index >= 15 is 0 Å². The predicted octanol–water partition coefficient (Wildman–Crippen LogP) is 5.39. The molecule has 3 aromatic rings. The van der Waals surface area contributed by atoms with Crippen molar-refractivity contribution in [3.63, 3.8) is 0 Å². The average Bonchev–Trinajstić information content (AvgIpc) is 3.57. The Labute approximate surface area is 251 Å². The zero-order chi connectivity index (χ0) is 31.1. The van der Waals surface area contributed by atoms with Gasteiger partial charge in [-0.1, -0.05) is 24.3 Å². The topological polar surface area (TPSA) is 137 Å². The summed E-state index contributed by atoms with van der Waals surface area (Å²) in [5.74, 6) is 1.64. The number of nitrogens with two attached hydrogens (primary N) is 1. The third-order valence-corrected chi connectivity index (χ3v) is 6.52. The molecule has 2 aliphatic rings. The molecule has 228 valence electrons. The number of benzene rings is 2. The number of amides is 1. The van der Waals surface area contributed by atoms with Gasteiger partial charge in [0.05, 0.1) is 12.3 Å². The van der Waals surface area contributed by atoms with E-state index in [1.165, 1.54) is 11.0 Å². The van der Waals surface area contributed by atoms with Gasteiger partial charge in [-0.15, -0.1) is 0 Å². The maximum atomic E-state index is 12.7. The van der Waals surface area contributed by atoms with Crippen molar-refractivity contribution < 1.29 is 33.3 Å². The second-order valence-electron chi connectivity index (χ2n) is 11.3. The first-order valence-corrected chi connectivity index (χ1v) is 14.2. The molecule has 0 saturated heterocycles. The number of carbonyl (C=O) groups is 2. The largest absolute Gasteiger partial charge is 0.493 e. The minimum Gasteiger partial charge on any atom is -0.493 e. The van der Waals surface area contributed by atoms with E-state index in [4.69, 9.17) is 24.4 Å². The summed E-state index contributed by atoms with van der Waals surface area (Å²) in [6, 6.07) is 9.88. The number of carbonyl (C=O) groups excluding carboxylic acids is 1. The molecular weight excluding hydrogens is 550 g/mol. The second kappa shape index (κ2) is 13.6. The van der Waals surface area contributed by atoms with E-state index in [2.05, 4.69) is 4.98 Å². The number of ether oxygens (including phenoxy) is 3. The number of rotatable bonds is 8. The quantitative estimate of drug-likeness (QED) is 0.262. The molecule has 0 saturated carbocycles. The van der Waals surface area contributed by atoms with Crippen LogP contribution in [-0.4, -0.2) is 52.4 Å². The molecule has 1 unspecified atom stereocenters. The van der Waals surface area contributed by atoms with Crippen molar-refractivity contribution in [2.24, 2.45) is 5.73 Å². The molecule has 5 rings (SSSR count). The number of carboxylic acid groups (broad SMARTS) is 1. The number of aromatic nitrogens is 1. The van der Waals surface area contributed by atoms with Gasteiger partial charge in [0.2, 0.25) is 18.6 Å². The van der Waals surface area contributed by atoms with Gasteiger partial charge in [-0.3, -0.25) is 4.79 Å². The van der Waals surface area contributed by atoms with Gasteiger partial charge in [-0.2, -0.15) is 0 Å². The lowest BCUT2D eigenvalue weighted by Crippen LogP contribution is -2.42. The molecule has 1 aromatic heterocycles. The highest BCUT2D eigenvalue weighted by Crippen LogP contribution is 2.36. The van der Waals surface area contributed by atoms with E-state index in [0.717, 1.165) is 16.8 Å². The molecule has 2 aromatic carbocycles. The molecule has 10 heteroatoms. The van der Waals surface area contributed by atoms with Gasteiger partial charge in [-0.05, 0) is 82.5 Å². The van der Waals surface area contributed by atoms with Crippen molar-refractivity contribution in [1.29, 1.82) is 0 Å². The van der Waals surface area contributed by atoms with Gasteiger partial charge < -0.3 is 34.4 Å². The first kappa shape index (κ1) is 31.4. The van der Waals surface area contributed by atoms with Crippen LogP contribution in [0.25, 0.3) is 11.5 Å². The van der Waals surface area contributed by atoms with Crippen molar-refractivity contribution >= 4 is 11.9 Å². The molecule has 1 amide bonds. The first-order chi connectivity index (χ1) is 20.4. The summed E-state index contributed by atoms with van der Waals surface area (Å²) in [6.07, 6.45) is 7.60. The molecule has 3 heterocycles. The Kier molecular flexibility index (Phi) is 9.92. The van der Waals surface area contributed by atoms with Crippen molar-refractivity contribution in [1.82, 2.24) is 9.88 Å². The third-order valence-electron chi connectivity index (χ3n) is 6.52. The Balaban J connectivity index is 0.000000782. The van der Waals surface area contributed by atoms with Gasteiger partial charge in [0, 0.05) is 30.1 Å². The van der Waals surface area contributed by atoms with Crippen molar-refractivity contribution in [3.8, 4) is 28.7 Å². The van der Waals surface area contributed by atoms with Crippen LogP contribution in [-0.2, 0) is 22.4 Å². The molecule has 0 aliphatic carbocycles. The zero-order valence-corrected chi connectivity index (χ0v) is 25.3. The van der Waals surface area contributed by atoms with Crippen LogP contribution in [0.4, 0.5) is 0 Å². The number of hydrogen-bond donors (Lipinski definition) is 2. The molecule has 2 aliphatic heterocycles. The summed E-state index contributed by atoms with van der Waals surface area (Å²) < 4.78 is 22.6. The van der Waals surface area contributed by atoms with Crippen molar-refractivity contribution in [3.05, 3.63) is 83.3 Å². The number of nitrogens with zero attached hydrogens (tertiary/aromatic N) is 2. The summed E-state index contributed by atoms with van der Waals surface area (Å²) in [5, 5.41) is 9.96. The number of fused-ring (bicyclic) bond motifs is 2. The average molecular weight is 590 g/mol. The summed E-state index contributed by atoms with van der Waals surface area (Å²) in [6.45, 7) is 10.4. The van der Waals surface area contributed by atoms with Crippen LogP contribution >= 0.6 is 0 Å². The summed E-state index contributed by atoms with van der Waals surface area (Å²) >= 11 is 0. The lowest BCUT2D eigenvalue weighted by molar-refractivity contribution is -0.149. The fourth-order valence-corrected chi connectivity index (χ4v) is 4.61. The maximum Gasteiger partial charge on any atom is 0.331 e. The Morgan fingerprint density at radius 2 is 1.88 bits per heavy atom. The number of allylic oxidation sites excluding steroid dienone is 3.